The minimum Gasteiger partial charge on any atom is -1.00 e. The van der Waals surface area contributed by atoms with E-state index in [-0.39, 0.29) is 30.9 Å². The average Bonchev–Trinajstić information content (AvgIpc) is 2.15. The van der Waals surface area contributed by atoms with Crippen LogP contribution in [0.25, 0.3) is 10.8 Å². The molecular weight excluding hydrogens is 223 g/mol. The summed E-state index contributed by atoms with van der Waals surface area (Å²) in [4.78, 5) is -0.152. The minimum atomic E-state index is -4.17. The predicted molar refractivity (Wildman–Crippen MR) is 56.5 cm³/mol. The summed E-state index contributed by atoms with van der Waals surface area (Å²) in [5.41, 5.74) is 0. The van der Waals surface area contributed by atoms with Gasteiger partial charge in [0.25, 0.3) is 10.1 Å². The first-order chi connectivity index (χ1) is 6.97. The molecule has 0 radical (unpaired) electrons. The summed E-state index contributed by atoms with van der Waals surface area (Å²) < 4.78 is 30.5. The molecule has 2 aromatic rings. The number of hydrogen-bond acceptors (Lipinski definition) is 3. The third-order valence-electron chi connectivity index (χ3n) is 2.09. The van der Waals surface area contributed by atoms with Gasteiger partial charge in [-0.2, -0.15) is 8.42 Å². The fourth-order valence-corrected chi connectivity index (χ4v) is 1.89. The van der Waals surface area contributed by atoms with Gasteiger partial charge in [-0.25, -0.2) is 0 Å². The summed E-state index contributed by atoms with van der Waals surface area (Å²) in [6.07, 6.45) is 0. The molecule has 0 aliphatic rings. The van der Waals surface area contributed by atoms with Crippen molar-refractivity contribution in [3.63, 3.8) is 0 Å². The van der Waals surface area contributed by atoms with Crippen molar-refractivity contribution in [2.75, 3.05) is 0 Å². The summed E-state index contributed by atoms with van der Waals surface area (Å²) in [6, 6.07) is 8.72. The number of hydrogen-bond donors (Lipinski definition) is 2. The van der Waals surface area contributed by atoms with Gasteiger partial charge < -0.3 is 6.53 Å². The molecule has 2 rings (SSSR count). The van der Waals surface area contributed by atoms with Crippen molar-refractivity contribution in [1.82, 2.24) is 0 Å². The van der Waals surface area contributed by atoms with Crippen molar-refractivity contribution >= 4 is 20.9 Å². The fraction of sp³-hybridized carbons (Fsp3) is 0. The van der Waals surface area contributed by atoms with E-state index < -0.39 is 10.1 Å². The molecule has 2 N–H and O–H groups in total. The van der Waals surface area contributed by atoms with Crippen molar-refractivity contribution in [2.45, 2.75) is 4.90 Å². The van der Waals surface area contributed by atoms with Crippen LogP contribution >= 0.6 is 0 Å². The Balaban J connectivity index is 0.00000128. The van der Waals surface area contributed by atoms with Crippen LogP contribution in [0.1, 0.15) is 1.43 Å². The van der Waals surface area contributed by atoms with E-state index in [1.807, 2.05) is 0 Å². The molecule has 4 nitrogen and oxygen atoms in total. The topological polar surface area (TPSA) is 74.6 Å². The number of benzene rings is 2. The molecule has 0 aliphatic heterocycles. The van der Waals surface area contributed by atoms with Gasteiger partial charge >= 0.3 is 18.9 Å². The maximum Gasteiger partial charge on any atom is 1.00 e. The Bertz CT molecular complexity index is 627. The molecule has 0 amide bonds. The van der Waals surface area contributed by atoms with Gasteiger partial charge in [-0.1, -0.05) is 12.1 Å². The molecule has 0 unspecified atom stereocenters. The zero-order chi connectivity index (χ0) is 11.1. The van der Waals surface area contributed by atoms with Gasteiger partial charge in [0.15, 0.2) is 0 Å². The second-order valence-corrected chi connectivity index (χ2v) is 4.59. The Morgan fingerprint density at radius 2 is 1.56 bits per heavy atom. The van der Waals surface area contributed by atoms with Crippen molar-refractivity contribution in [3.05, 3.63) is 36.4 Å². The van der Waals surface area contributed by atoms with E-state index in [9.17, 15) is 13.5 Å². The number of aromatic hydroxyl groups is 1. The first-order valence-corrected chi connectivity index (χ1v) is 5.61. The van der Waals surface area contributed by atoms with Crippen molar-refractivity contribution < 1.29 is 38.4 Å². The van der Waals surface area contributed by atoms with Crippen molar-refractivity contribution in [1.29, 1.82) is 0 Å². The first-order valence-electron chi connectivity index (χ1n) is 4.17. The van der Waals surface area contributed by atoms with Crippen molar-refractivity contribution in [2.24, 2.45) is 0 Å². The summed E-state index contributed by atoms with van der Waals surface area (Å²) in [5.74, 6) is 0.113. The van der Waals surface area contributed by atoms with Crippen LogP contribution < -0.4 is 18.9 Å². The van der Waals surface area contributed by atoms with Crippen LogP contribution in [-0.4, -0.2) is 18.1 Å². The normalized spacial score (nSPS) is 11.1. The van der Waals surface area contributed by atoms with Gasteiger partial charge in [-0.05, 0) is 35.0 Å². The van der Waals surface area contributed by atoms with Crippen LogP contribution in [0.15, 0.2) is 41.3 Å². The van der Waals surface area contributed by atoms with Crippen LogP contribution in [-0.2, 0) is 10.1 Å². The second kappa shape index (κ2) is 4.48. The molecule has 2 aromatic carbocycles. The van der Waals surface area contributed by atoms with Crippen LogP contribution in [0.5, 0.6) is 5.75 Å². The summed E-state index contributed by atoms with van der Waals surface area (Å²) >= 11 is 0. The first kappa shape index (κ1) is 13.1. The van der Waals surface area contributed by atoms with Crippen LogP contribution in [0.3, 0.4) is 0 Å². The Kier molecular flexibility index (Phi) is 3.66. The van der Waals surface area contributed by atoms with Gasteiger partial charge in [0, 0.05) is 0 Å². The van der Waals surface area contributed by atoms with Gasteiger partial charge in [-0.3, -0.25) is 4.55 Å². The predicted octanol–water partition coefficient (Wildman–Crippen LogP) is -1.09. The van der Waals surface area contributed by atoms with Gasteiger partial charge in [0.2, 0.25) is 0 Å². The van der Waals surface area contributed by atoms with Crippen LogP contribution in [0, 0.1) is 0 Å². The summed E-state index contributed by atoms with van der Waals surface area (Å²) in [5, 5.41) is 10.5. The maximum absolute atomic E-state index is 10.8. The molecule has 16 heavy (non-hydrogen) atoms. The second-order valence-electron chi connectivity index (χ2n) is 3.17. The Hall–Kier alpha value is -0.993. The molecule has 0 heterocycles. The van der Waals surface area contributed by atoms with E-state index >= 15 is 0 Å². The minimum absolute atomic E-state index is 0. The molecule has 0 saturated carbocycles. The Labute approximate surface area is 106 Å². The standard InChI is InChI=1S/C10H8O4S.Li.H/c11-9-3-1-8-6-10(15(12,13)14)4-2-7(8)5-9;;/h1-6,11H,(H,12,13,14);;/q;+1;-1. The zero-order valence-corrected chi connectivity index (χ0v) is 9.40. The monoisotopic (exact) mass is 232 g/mol. The number of phenols is 1. The summed E-state index contributed by atoms with van der Waals surface area (Å²) in [7, 11) is -4.17. The average molecular weight is 232 g/mol. The smallest absolute Gasteiger partial charge is 1.00 e. The molecule has 0 aromatic heterocycles. The Morgan fingerprint density at radius 1 is 1.00 bits per heavy atom. The molecule has 0 atom stereocenters. The third kappa shape index (κ3) is 2.57. The fourth-order valence-electron chi connectivity index (χ4n) is 1.37. The van der Waals surface area contributed by atoms with Gasteiger partial charge in [0.1, 0.15) is 5.75 Å². The van der Waals surface area contributed by atoms with E-state index in [0.717, 1.165) is 0 Å². The molecule has 0 fully saturated rings. The van der Waals surface area contributed by atoms with Gasteiger partial charge in [0.05, 0.1) is 4.90 Å². The van der Waals surface area contributed by atoms with Crippen molar-refractivity contribution in [3.8, 4) is 5.75 Å². The van der Waals surface area contributed by atoms with E-state index in [1.165, 1.54) is 30.3 Å². The van der Waals surface area contributed by atoms with Gasteiger partial charge in [-0.15, -0.1) is 0 Å². The van der Waals surface area contributed by atoms with E-state index in [0.29, 0.717) is 10.8 Å². The molecule has 0 saturated heterocycles. The number of phenolic OH excluding ortho intramolecular Hbond substituents is 1. The molecule has 0 bridgehead atoms. The van der Waals surface area contributed by atoms with Crippen LogP contribution in [0.4, 0.5) is 0 Å². The number of fused-ring (bicyclic) bond motifs is 1. The molecular formula is C10H9LiO4S. The third-order valence-corrected chi connectivity index (χ3v) is 2.94. The van der Waals surface area contributed by atoms with E-state index in [4.69, 9.17) is 4.55 Å². The quantitative estimate of drug-likeness (QED) is 0.484. The summed E-state index contributed by atoms with van der Waals surface area (Å²) in [6.45, 7) is 0. The maximum atomic E-state index is 10.8. The molecule has 6 heteroatoms. The Morgan fingerprint density at radius 3 is 2.19 bits per heavy atom. The molecule has 80 valence electrons. The SMILES string of the molecule is O=S(=O)(O)c1ccc2cc(O)ccc2c1.[H-].[Li+]. The van der Waals surface area contributed by atoms with E-state index in [2.05, 4.69) is 0 Å². The zero-order valence-electron chi connectivity index (χ0n) is 9.58. The molecule has 0 spiro atoms. The van der Waals surface area contributed by atoms with E-state index in [1.54, 1.807) is 6.07 Å². The number of rotatable bonds is 1. The van der Waals surface area contributed by atoms with Crippen LogP contribution in [0.2, 0.25) is 0 Å². The molecule has 0 aliphatic carbocycles. The largest absolute Gasteiger partial charge is 1.00 e.